The lowest BCUT2D eigenvalue weighted by Gasteiger charge is -2.23. The number of hydrogen-bond donors (Lipinski definition) is 0. The SMILES string of the molecule is CC(C)C(C)C(C)CCCCCCCCc1ccc(-[s+]2ccc3ccccc32)cc1.CCCCCCCCCCCCc1ccc(-[s+]2ccc3ccccc32)cc1.CCCCCCCCCCCCc1ccc(-[s+]2ccc3ccccc32)cc1CCCCCCCCCCCC.CCCCCCc1ccc(-[s+]2ccc3ccccc32)cc1CCCCCC. The van der Waals surface area contributed by atoms with Crippen LogP contribution in [0.1, 0.15) is 385 Å². The van der Waals surface area contributed by atoms with Crippen molar-refractivity contribution in [1.29, 1.82) is 0 Å². The number of benzene rings is 8. The molecule has 0 spiro atoms. The van der Waals surface area contributed by atoms with Crippen LogP contribution in [0.4, 0.5) is 0 Å². The minimum absolute atomic E-state index is 0.105. The van der Waals surface area contributed by atoms with Gasteiger partial charge in [0, 0.05) is 99.8 Å². The third-order valence-corrected chi connectivity index (χ3v) is 34.8. The molecule has 0 aliphatic heterocycles. The summed E-state index contributed by atoms with van der Waals surface area (Å²) in [5.74, 6) is 2.55. The van der Waals surface area contributed by atoms with E-state index in [-0.39, 0.29) is 41.9 Å². The molecule has 0 aliphatic carbocycles. The maximum atomic E-state index is 2.59. The average Bonchev–Trinajstić information content (AvgIpc) is 1.69. The maximum absolute atomic E-state index is 2.59. The molecule has 0 saturated heterocycles. The Morgan fingerprint density at radius 1 is 0.203 bits per heavy atom. The Bertz CT molecular complexity index is 4680. The van der Waals surface area contributed by atoms with E-state index in [0.29, 0.717) is 0 Å². The Balaban J connectivity index is 0.000000188. The smallest absolute Gasteiger partial charge is 0.0654 e. The van der Waals surface area contributed by atoms with E-state index >= 15 is 0 Å². The van der Waals surface area contributed by atoms with E-state index in [1.165, 1.54) is 399 Å². The van der Waals surface area contributed by atoms with Crippen molar-refractivity contribution in [3.8, 4) is 19.6 Å². The fraction of sp³-hybridized carbons (Fsp3) is 0.529. The van der Waals surface area contributed by atoms with Gasteiger partial charge in [-0.3, -0.25) is 0 Å². The molecule has 6 unspecified atom stereocenters. The summed E-state index contributed by atoms with van der Waals surface area (Å²) in [5, 5.41) is 15.1. The van der Waals surface area contributed by atoms with E-state index in [4.69, 9.17) is 0 Å². The molecule has 0 bridgehead atoms. The van der Waals surface area contributed by atoms with Crippen molar-refractivity contribution in [2.75, 3.05) is 0 Å². The second kappa shape index (κ2) is 61.1. The molecule has 0 saturated carbocycles. The van der Waals surface area contributed by atoms with Crippen LogP contribution >= 0.6 is 41.9 Å². The van der Waals surface area contributed by atoms with Gasteiger partial charge >= 0.3 is 0 Å². The van der Waals surface area contributed by atoms with E-state index < -0.39 is 0 Å². The minimum atomic E-state index is 0.105. The normalized spacial score (nSPS) is 12.6. The number of thiophene rings is 4. The minimum Gasteiger partial charge on any atom is -0.0654 e. The van der Waals surface area contributed by atoms with Crippen molar-refractivity contribution < 1.29 is 0 Å². The predicted molar refractivity (Wildman–Crippen MR) is 563 cm³/mol. The molecule has 8 aromatic carbocycles. The van der Waals surface area contributed by atoms with Gasteiger partial charge in [-0.15, -0.1) is 0 Å². The Labute approximate surface area is 764 Å². The van der Waals surface area contributed by atoms with Gasteiger partial charge in [-0.05, 0) is 213 Å². The summed E-state index contributed by atoms with van der Waals surface area (Å²) >= 11 is 0. The molecule has 4 aromatic heterocycles. The van der Waals surface area contributed by atoms with E-state index in [2.05, 4.69) is 290 Å². The topological polar surface area (TPSA) is 0 Å². The number of fused-ring (bicyclic) bond motifs is 4. The molecule has 123 heavy (non-hydrogen) atoms. The van der Waals surface area contributed by atoms with E-state index in [1.807, 2.05) is 0 Å². The van der Waals surface area contributed by atoms with Crippen LogP contribution in [-0.2, 0) is 38.5 Å². The van der Waals surface area contributed by atoms with Gasteiger partial charge in [0.2, 0.25) is 0 Å². The number of aryl methyl sites for hydroxylation is 6. The largest absolute Gasteiger partial charge is 0.186 e. The lowest BCUT2D eigenvalue weighted by atomic mass is 9.83. The first-order chi connectivity index (χ1) is 60.6. The van der Waals surface area contributed by atoms with Gasteiger partial charge in [0.25, 0.3) is 0 Å². The Hall–Kier alpha value is -6.40. The lowest BCUT2D eigenvalue weighted by Crippen LogP contribution is -2.14. The predicted octanol–water partition coefficient (Wildman–Crippen LogP) is 41.1. The number of unbranched alkanes of at least 4 members (excludes halogenated alkanes) is 38. The fourth-order valence-electron chi connectivity index (χ4n) is 18.3. The zero-order valence-electron chi connectivity index (χ0n) is 79.4. The van der Waals surface area contributed by atoms with Gasteiger partial charge in [-0.25, -0.2) is 0 Å². The van der Waals surface area contributed by atoms with Gasteiger partial charge in [-0.1, -0.05) is 398 Å². The molecule has 0 aliphatic rings. The first kappa shape index (κ1) is 100. The molecule has 666 valence electrons. The summed E-state index contributed by atoms with van der Waals surface area (Å²) < 4.78 is 5.94. The molecule has 0 fully saturated rings. The third kappa shape index (κ3) is 36.3. The molecule has 12 aromatic rings. The Morgan fingerprint density at radius 3 is 0.715 bits per heavy atom. The lowest BCUT2D eigenvalue weighted by molar-refractivity contribution is 0.275. The highest BCUT2D eigenvalue weighted by Crippen LogP contribution is 2.45. The van der Waals surface area contributed by atoms with Gasteiger partial charge in [-0.2, -0.15) is 0 Å². The van der Waals surface area contributed by atoms with Gasteiger partial charge in [0.05, 0.1) is 0 Å². The molecular formula is C119H170S4+4. The molecule has 12 rings (SSSR count). The van der Waals surface area contributed by atoms with Crippen LogP contribution in [0.5, 0.6) is 0 Å². The Kier molecular flexibility index (Phi) is 49.9. The van der Waals surface area contributed by atoms with Crippen LogP contribution in [0.2, 0.25) is 0 Å². The van der Waals surface area contributed by atoms with Crippen LogP contribution in [-0.4, -0.2) is 0 Å². The summed E-state index contributed by atoms with van der Waals surface area (Å²) in [7, 11) is 0.478. The zero-order chi connectivity index (χ0) is 86.4. The highest BCUT2D eigenvalue weighted by molar-refractivity contribution is 7.45. The van der Waals surface area contributed by atoms with E-state index in [9.17, 15) is 0 Å². The molecule has 6 atom stereocenters. The van der Waals surface area contributed by atoms with Crippen molar-refractivity contribution in [3.05, 3.63) is 261 Å². The van der Waals surface area contributed by atoms with E-state index in [1.54, 1.807) is 22.3 Å². The van der Waals surface area contributed by atoms with Crippen molar-refractivity contribution in [2.45, 2.75) is 390 Å². The van der Waals surface area contributed by atoms with Crippen LogP contribution in [0.25, 0.3) is 59.9 Å². The summed E-state index contributed by atoms with van der Waals surface area (Å²) in [6, 6.07) is 78.3. The first-order valence-electron chi connectivity index (χ1n) is 51.0. The molecular weight excluding hydrogens is 1560 g/mol. The second-order valence-electron chi connectivity index (χ2n) is 37.0. The molecule has 0 amide bonds. The zero-order valence-corrected chi connectivity index (χ0v) is 82.6. The number of hydrogen-bond acceptors (Lipinski definition) is 0. The third-order valence-electron chi connectivity index (χ3n) is 26.7. The summed E-state index contributed by atoms with van der Waals surface area (Å²) in [4.78, 5) is 5.91. The molecule has 0 N–H and O–H groups in total. The highest BCUT2D eigenvalue weighted by Gasteiger charge is 2.22. The van der Waals surface area contributed by atoms with Crippen molar-refractivity contribution in [3.63, 3.8) is 0 Å². The monoisotopic (exact) mass is 1730 g/mol. The molecule has 4 heteroatoms. The average molecular weight is 1730 g/mol. The second-order valence-corrected chi connectivity index (χ2v) is 44.5. The van der Waals surface area contributed by atoms with Crippen LogP contribution in [0.15, 0.2) is 228 Å². The maximum Gasteiger partial charge on any atom is 0.186 e. The van der Waals surface area contributed by atoms with Crippen molar-refractivity contribution in [1.82, 2.24) is 0 Å². The van der Waals surface area contributed by atoms with Crippen LogP contribution in [0.3, 0.4) is 0 Å². The quantitative estimate of drug-likeness (QED) is 0.0263. The highest BCUT2D eigenvalue weighted by atomic mass is 32.2. The standard InChI is InChI=1S/C38H59S.C29H41S.2C26H35S/c1-3-5-7-9-11-13-15-17-19-21-25-34-29-30-37(39-32-31-35-26-23-24-28-38(35)39)33-36(34)27-22-20-18-16-14-12-10-8-6-4-2;1-23(2)25(4)24(3)13-9-7-5-6-8-10-14-26-17-19-28(20-18-26)30-22-21-27-15-11-12-16-29(27)30;1-3-5-7-9-13-22-17-18-25(21-24(22)15-10-8-6-4-2)27-20-19-23-14-11-12-16-26(23)27;1-2-3-4-5-6-7-8-9-10-11-14-23-17-19-25(20-18-23)27-22-21-24-15-12-13-16-26(24)27/h23-24,26,28-33H,3-22,25,27H2,1-2H3;11-12,15-25H,5-10,13-14H2,1-4H3;11-12,14,16-21H,3-10,13,15H2,1-2H3;12-13,15-22H,2-11,14H2,1H3/q4*+1. The van der Waals surface area contributed by atoms with E-state index in [0.717, 1.165) is 17.8 Å². The fourth-order valence-corrected chi connectivity index (χ4v) is 26.0. The van der Waals surface area contributed by atoms with Crippen molar-refractivity contribution in [2.24, 2.45) is 17.8 Å². The summed E-state index contributed by atoms with van der Waals surface area (Å²) in [5.41, 5.74) is 9.49. The molecule has 0 radical (unpaired) electrons. The summed E-state index contributed by atoms with van der Waals surface area (Å²) in [6.45, 7) is 21.1. The van der Waals surface area contributed by atoms with Crippen molar-refractivity contribution >= 4 is 82.2 Å². The van der Waals surface area contributed by atoms with Crippen LogP contribution in [0, 0.1) is 17.8 Å². The first-order valence-corrected chi connectivity index (χ1v) is 56.2. The molecule has 0 nitrogen and oxygen atoms in total. The Morgan fingerprint density at radius 2 is 0.431 bits per heavy atom. The summed E-state index contributed by atoms with van der Waals surface area (Å²) in [6.07, 6.45) is 70.5. The van der Waals surface area contributed by atoms with Gasteiger partial charge in [0.15, 0.2) is 38.4 Å². The van der Waals surface area contributed by atoms with Gasteiger partial charge < -0.3 is 0 Å². The molecule has 4 heterocycles. The van der Waals surface area contributed by atoms with Crippen LogP contribution < -0.4 is 0 Å². The van der Waals surface area contributed by atoms with Gasteiger partial charge in [0.1, 0.15) is 21.5 Å². The number of rotatable bonds is 58.